The van der Waals surface area contributed by atoms with E-state index in [1.807, 2.05) is 13.8 Å². The van der Waals surface area contributed by atoms with E-state index in [4.69, 9.17) is 0 Å². The second-order valence-electron chi connectivity index (χ2n) is 5.32. The molecule has 2 heterocycles. The van der Waals surface area contributed by atoms with Crippen molar-refractivity contribution in [1.82, 2.24) is 14.5 Å². The van der Waals surface area contributed by atoms with Crippen molar-refractivity contribution in [3.05, 3.63) is 54.0 Å². The zero-order chi connectivity index (χ0) is 15.9. The van der Waals surface area contributed by atoms with E-state index >= 15 is 0 Å². The highest BCUT2D eigenvalue weighted by Crippen LogP contribution is 2.36. The van der Waals surface area contributed by atoms with Crippen molar-refractivity contribution < 1.29 is 13.2 Å². The Labute approximate surface area is 125 Å². The number of pyridine rings is 1. The SMILES string of the molecule is CC(C)c1nc2cccnc2n1-c1ccccc1C(F)(F)F. The molecule has 0 spiro atoms. The van der Waals surface area contributed by atoms with Crippen LogP contribution in [0.15, 0.2) is 42.6 Å². The first-order valence-corrected chi connectivity index (χ1v) is 6.89. The lowest BCUT2D eigenvalue weighted by Gasteiger charge is -2.16. The molecular weight excluding hydrogens is 291 g/mol. The number of rotatable bonds is 2. The Balaban J connectivity index is 2.38. The largest absolute Gasteiger partial charge is 0.418 e. The number of para-hydroxylation sites is 1. The number of halogens is 3. The standard InChI is InChI=1S/C16H14F3N3/c1-10(2)14-21-12-7-5-9-20-15(12)22(14)13-8-4-3-6-11(13)16(17,18)19/h3-10H,1-2H3. The summed E-state index contributed by atoms with van der Waals surface area (Å²) in [6.07, 6.45) is -2.88. The van der Waals surface area contributed by atoms with Gasteiger partial charge >= 0.3 is 6.18 Å². The van der Waals surface area contributed by atoms with Crippen molar-refractivity contribution in [2.75, 3.05) is 0 Å². The lowest BCUT2D eigenvalue weighted by Crippen LogP contribution is -2.13. The van der Waals surface area contributed by atoms with Crippen LogP contribution >= 0.6 is 0 Å². The quantitative estimate of drug-likeness (QED) is 0.694. The van der Waals surface area contributed by atoms with Gasteiger partial charge in [0, 0.05) is 12.1 Å². The van der Waals surface area contributed by atoms with E-state index in [1.165, 1.54) is 16.7 Å². The molecule has 0 aliphatic heterocycles. The van der Waals surface area contributed by atoms with Crippen LogP contribution in [0.4, 0.5) is 13.2 Å². The average molecular weight is 305 g/mol. The van der Waals surface area contributed by atoms with Crippen molar-refractivity contribution in [3.63, 3.8) is 0 Å². The lowest BCUT2D eigenvalue weighted by molar-refractivity contribution is -0.137. The minimum Gasteiger partial charge on any atom is -0.280 e. The third kappa shape index (κ3) is 2.34. The normalized spacial score (nSPS) is 12.3. The van der Waals surface area contributed by atoms with Gasteiger partial charge in [0.1, 0.15) is 11.3 Å². The van der Waals surface area contributed by atoms with Gasteiger partial charge in [0.05, 0.1) is 11.3 Å². The summed E-state index contributed by atoms with van der Waals surface area (Å²) in [6.45, 7) is 3.79. The van der Waals surface area contributed by atoms with Crippen LogP contribution in [0.25, 0.3) is 16.9 Å². The molecule has 0 atom stereocenters. The molecule has 0 radical (unpaired) electrons. The Morgan fingerprint density at radius 2 is 1.77 bits per heavy atom. The first-order chi connectivity index (χ1) is 10.4. The molecular formula is C16H14F3N3. The first-order valence-electron chi connectivity index (χ1n) is 6.89. The maximum absolute atomic E-state index is 13.3. The summed E-state index contributed by atoms with van der Waals surface area (Å²) < 4.78 is 41.5. The minimum absolute atomic E-state index is 0.0320. The van der Waals surface area contributed by atoms with Crippen molar-refractivity contribution in [3.8, 4) is 5.69 Å². The van der Waals surface area contributed by atoms with E-state index in [9.17, 15) is 13.2 Å². The van der Waals surface area contributed by atoms with Crippen LogP contribution in [0, 0.1) is 0 Å². The van der Waals surface area contributed by atoms with Crippen LogP contribution in [0.2, 0.25) is 0 Å². The molecule has 0 aliphatic rings. The van der Waals surface area contributed by atoms with E-state index in [2.05, 4.69) is 9.97 Å². The molecule has 3 rings (SSSR count). The number of imidazole rings is 1. The molecule has 0 amide bonds. The average Bonchev–Trinajstić information content (AvgIpc) is 2.86. The number of fused-ring (bicyclic) bond motifs is 1. The Bertz CT molecular complexity index is 819. The predicted molar refractivity (Wildman–Crippen MR) is 78.0 cm³/mol. The van der Waals surface area contributed by atoms with E-state index in [1.54, 1.807) is 24.4 Å². The number of hydrogen-bond donors (Lipinski definition) is 0. The molecule has 0 bridgehead atoms. The van der Waals surface area contributed by atoms with Gasteiger partial charge in [-0.05, 0) is 24.3 Å². The highest BCUT2D eigenvalue weighted by molar-refractivity contribution is 5.74. The summed E-state index contributed by atoms with van der Waals surface area (Å²) in [4.78, 5) is 8.66. The van der Waals surface area contributed by atoms with Crippen LogP contribution in [-0.4, -0.2) is 14.5 Å². The molecule has 0 fully saturated rings. The number of nitrogens with zero attached hydrogens (tertiary/aromatic N) is 3. The second-order valence-corrected chi connectivity index (χ2v) is 5.32. The number of alkyl halides is 3. The minimum atomic E-state index is -4.43. The van der Waals surface area contributed by atoms with Crippen LogP contribution in [-0.2, 0) is 6.18 Å². The fraction of sp³-hybridized carbons (Fsp3) is 0.250. The Morgan fingerprint density at radius 3 is 2.45 bits per heavy atom. The van der Waals surface area contributed by atoms with Gasteiger partial charge in [0.2, 0.25) is 0 Å². The molecule has 22 heavy (non-hydrogen) atoms. The molecule has 0 N–H and O–H groups in total. The third-order valence-corrected chi connectivity index (χ3v) is 3.41. The highest BCUT2D eigenvalue weighted by atomic mass is 19.4. The number of benzene rings is 1. The van der Waals surface area contributed by atoms with Gasteiger partial charge in [-0.3, -0.25) is 4.57 Å². The van der Waals surface area contributed by atoms with Crippen molar-refractivity contribution in [2.24, 2.45) is 0 Å². The second kappa shape index (κ2) is 5.12. The Morgan fingerprint density at radius 1 is 1.05 bits per heavy atom. The van der Waals surface area contributed by atoms with Gasteiger partial charge in [-0.2, -0.15) is 13.2 Å². The monoisotopic (exact) mass is 305 g/mol. The van der Waals surface area contributed by atoms with Gasteiger partial charge in [0.25, 0.3) is 0 Å². The lowest BCUT2D eigenvalue weighted by atomic mass is 10.1. The van der Waals surface area contributed by atoms with Crippen LogP contribution in [0.5, 0.6) is 0 Å². The van der Waals surface area contributed by atoms with Crippen molar-refractivity contribution in [2.45, 2.75) is 25.9 Å². The summed E-state index contributed by atoms with van der Waals surface area (Å²) in [6, 6.07) is 8.97. The topological polar surface area (TPSA) is 30.7 Å². The number of hydrogen-bond acceptors (Lipinski definition) is 2. The third-order valence-electron chi connectivity index (χ3n) is 3.41. The Hall–Kier alpha value is -2.37. The molecule has 2 aromatic heterocycles. The van der Waals surface area contributed by atoms with Crippen molar-refractivity contribution >= 4 is 11.2 Å². The van der Waals surface area contributed by atoms with Crippen LogP contribution in [0.1, 0.15) is 31.2 Å². The first kappa shape index (κ1) is 14.6. The molecule has 114 valence electrons. The molecule has 0 unspecified atom stereocenters. The van der Waals surface area contributed by atoms with Gasteiger partial charge in [-0.25, -0.2) is 9.97 Å². The predicted octanol–water partition coefficient (Wildman–Crippen LogP) is 4.56. The Kier molecular flexibility index (Phi) is 3.39. The van der Waals surface area contributed by atoms with Crippen LogP contribution < -0.4 is 0 Å². The fourth-order valence-electron chi connectivity index (χ4n) is 2.46. The molecule has 3 aromatic rings. The number of aromatic nitrogens is 3. The molecule has 1 aromatic carbocycles. The molecule has 0 saturated carbocycles. The maximum atomic E-state index is 13.3. The van der Waals surface area contributed by atoms with Gasteiger partial charge in [0.15, 0.2) is 5.65 Å². The fourth-order valence-corrected chi connectivity index (χ4v) is 2.46. The zero-order valence-corrected chi connectivity index (χ0v) is 12.1. The van der Waals surface area contributed by atoms with Gasteiger partial charge in [-0.15, -0.1) is 0 Å². The van der Waals surface area contributed by atoms with E-state index in [0.29, 0.717) is 17.0 Å². The van der Waals surface area contributed by atoms with Crippen LogP contribution in [0.3, 0.4) is 0 Å². The van der Waals surface area contributed by atoms with Gasteiger partial charge in [-0.1, -0.05) is 26.0 Å². The maximum Gasteiger partial charge on any atom is 0.418 e. The summed E-state index contributed by atoms with van der Waals surface area (Å²) in [5.74, 6) is 0.529. The molecule has 6 heteroatoms. The van der Waals surface area contributed by atoms with E-state index < -0.39 is 11.7 Å². The highest BCUT2D eigenvalue weighted by Gasteiger charge is 2.34. The van der Waals surface area contributed by atoms with Gasteiger partial charge < -0.3 is 0 Å². The summed E-state index contributed by atoms with van der Waals surface area (Å²) in [7, 11) is 0. The molecule has 0 saturated heterocycles. The van der Waals surface area contributed by atoms with E-state index in [0.717, 1.165) is 6.07 Å². The molecule has 0 aliphatic carbocycles. The molecule has 3 nitrogen and oxygen atoms in total. The zero-order valence-electron chi connectivity index (χ0n) is 12.1. The van der Waals surface area contributed by atoms with Crippen molar-refractivity contribution in [1.29, 1.82) is 0 Å². The summed E-state index contributed by atoms with van der Waals surface area (Å²) in [5, 5.41) is 0. The van der Waals surface area contributed by atoms with E-state index in [-0.39, 0.29) is 11.6 Å². The smallest absolute Gasteiger partial charge is 0.280 e. The summed E-state index contributed by atoms with van der Waals surface area (Å²) >= 11 is 0. The summed E-state index contributed by atoms with van der Waals surface area (Å²) in [5.41, 5.74) is 0.382.